The second-order valence-corrected chi connectivity index (χ2v) is 9.19. The number of rotatable bonds is 13. The first-order chi connectivity index (χ1) is 17.0. The van der Waals surface area contributed by atoms with Crippen molar-refractivity contribution in [2.24, 2.45) is 11.7 Å². The maximum Gasteiger partial charge on any atom is 0.326 e. The number of aliphatic carboxylic acids is 2. The average molecular weight is 505 g/mol. The van der Waals surface area contributed by atoms with Crippen LogP contribution in [0.1, 0.15) is 51.5 Å². The summed E-state index contributed by atoms with van der Waals surface area (Å²) in [5, 5.41) is 23.8. The van der Waals surface area contributed by atoms with Gasteiger partial charge in [-0.2, -0.15) is 0 Å². The number of nitrogens with two attached hydrogens (primary N) is 1. The lowest BCUT2D eigenvalue weighted by Gasteiger charge is -2.31. The lowest BCUT2D eigenvalue weighted by molar-refractivity contribution is -0.150. The van der Waals surface area contributed by atoms with Crippen molar-refractivity contribution in [3.63, 3.8) is 0 Å². The van der Waals surface area contributed by atoms with Gasteiger partial charge in [-0.25, -0.2) is 4.79 Å². The van der Waals surface area contributed by atoms with Crippen LogP contribution in [0.25, 0.3) is 0 Å². The van der Waals surface area contributed by atoms with E-state index in [2.05, 4.69) is 10.6 Å². The van der Waals surface area contributed by atoms with Crippen LogP contribution < -0.4 is 16.4 Å². The van der Waals surface area contributed by atoms with Crippen molar-refractivity contribution in [1.82, 2.24) is 15.5 Å². The molecule has 198 valence electrons. The van der Waals surface area contributed by atoms with E-state index in [1.807, 2.05) is 37.3 Å². The van der Waals surface area contributed by atoms with E-state index in [4.69, 9.17) is 10.8 Å². The van der Waals surface area contributed by atoms with Gasteiger partial charge in [0.15, 0.2) is 0 Å². The van der Waals surface area contributed by atoms with Gasteiger partial charge in [0.2, 0.25) is 17.7 Å². The van der Waals surface area contributed by atoms with E-state index < -0.39 is 53.8 Å². The maximum atomic E-state index is 13.3. The van der Waals surface area contributed by atoms with Crippen molar-refractivity contribution < 1.29 is 34.2 Å². The van der Waals surface area contributed by atoms with E-state index in [1.54, 1.807) is 6.92 Å². The molecule has 0 bridgehead atoms. The molecule has 0 spiro atoms. The van der Waals surface area contributed by atoms with Crippen LogP contribution in [0.5, 0.6) is 0 Å². The predicted molar refractivity (Wildman–Crippen MR) is 131 cm³/mol. The molecule has 0 saturated carbocycles. The van der Waals surface area contributed by atoms with Crippen LogP contribution in [-0.4, -0.2) is 75.5 Å². The van der Waals surface area contributed by atoms with E-state index in [-0.39, 0.29) is 31.7 Å². The van der Waals surface area contributed by atoms with Gasteiger partial charge < -0.3 is 31.5 Å². The number of amides is 3. The van der Waals surface area contributed by atoms with E-state index >= 15 is 0 Å². The van der Waals surface area contributed by atoms with Crippen molar-refractivity contribution in [1.29, 1.82) is 0 Å². The lowest BCUT2D eigenvalue weighted by Crippen LogP contribution is -2.58. The van der Waals surface area contributed by atoms with E-state index in [9.17, 15) is 29.1 Å². The molecule has 6 N–H and O–H groups in total. The van der Waals surface area contributed by atoms with Gasteiger partial charge in [0.25, 0.3) is 0 Å². The molecule has 1 saturated heterocycles. The van der Waals surface area contributed by atoms with Gasteiger partial charge in [-0.15, -0.1) is 0 Å². The first kappa shape index (κ1) is 28.8. The fourth-order valence-corrected chi connectivity index (χ4v) is 4.18. The highest BCUT2D eigenvalue weighted by atomic mass is 16.4. The molecular weight excluding hydrogens is 468 g/mol. The summed E-state index contributed by atoms with van der Waals surface area (Å²) in [5.41, 5.74) is 6.85. The summed E-state index contributed by atoms with van der Waals surface area (Å²) in [7, 11) is 0. The van der Waals surface area contributed by atoms with Crippen LogP contribution in [0.2, 0.25) is 0 Å². The van der Waals surface area contributed by atoms with Crippen LogP contribution in [0.3, 0.4) is 0 Å². The van der Waals surface area contributed by atoms with Crippen LogP contribution >= 0.6 is 0 Å². The molecule has 5 atom stereocenters. The van der Waals surface area contributed by atoms with Crippen molar-refractivity contribution in [2.75, 3.05) is 6.54 Å². The molecule has 11 heteroatoms. The van der Waals surface area contributed by atoms with Crippen LogP contribution in [0.15, 0.2) is 30.3 Å². The van der Waals surface area contributed by atoms with E-state index in [0.29, 0.717) is 19.3 Å². The third kappa shape index (κ3) is 8.04. The lowest BCUT2D eigenvalue weighted by atomic mass is 9.96. The Hall–Kier alpha value is -3.47. The van der Waals surface area contributed by atoms with Gasteiger partial charge in [-0.05, 0) is 37.2 Å². The summed E-state index contributed by atoms with van der Waals surface area (Å²) in [5.74, 6) is -4.43. The van der Waals surface area contributed by atoms with Crippen molar-refractivity contribution in [3.8, 4) is 0 Å². The molecule has 1 aliphatic heterocycles. The zero-order valence-corrected chi connectivity index (χ0v) is 20.7. The zero-order valence-electron chi connectivity index (χ0n) is 20.7. The van der Waals surface area contributed by atoms with Gasteiger partial charge in [-0.3, -0.25) is 19.2 Å². The number of hydrogen-bond acceptors (Lipinski definition) is 6. The Balaban J connectivity index is 2.16. The molecule has 0 aromatic heterocycles. The number of nitrogens with one attached hydrogen (secondary N) is 2. The zero-order chi connectivity index (χ0) is 26.8. The summed E-state index contributed by atoms with van der Waals surface area (Å²) >= 11 is 0. The Morgan fingerprint density at radius 3 is 2.33 bits per heavy atom. The highest BCUT2D eigenvalue weighted by molar-refractivity contribution is 5.94. The second-order valence-electron chi connectivity index (χ2n) is 9.19. The maximum absolute atomic E-state index is 13.3. The number of nitrogens with zero attached hydrogens (tertiary/aromatic N) is 1. The van der Waals surface area contributed by atoms with Crippen LogP contribution in [0, 0.1) is 5.92 Å². The van der Waals surface area contributed by atoms with Crippen LogP contribution in [-0.2, 0) is 30.4 Å². The molecule has 1 aromatic carbocycles. The number of carboxylic acid groups (broad SMARTS) is 2. The molecule has 1 heterocycles. The normalized spacial score (nSPS) is 18.5. The first-order valence-electron chi connectivity index (χ1n) is 12.2. The fourth-order valence-electron chi connectivity index (χ4n) is 4.18. The van der Waals surface area contributed by atoms with Crippen molar-refractivity contribution in [2.45, 2.75) is 76.5 Å². The third-order valence-corrected chi connectivity index (χ3v) is 6.51. The molecule has 36 heavy (non-hydrogen) atoms. The Kier molecular flexibility index (Phi) is 10.8. The molecule has 2 rings (SSSR count). The molecule has 11 nitrogen and oxygen atoms in total. The molecule has 1 aliphatic rings. The van der Waals surface area contributed by atoms with Crippen molar-refractivity contribution >= 4 is 29.7 Å². The Morgan fingerprint density at radius 2 is 1.75 bits per heavy atom. The predicted octanol–water partition coefficient (Wildman–Crippen LogP) is 0.513. The summed E-state index contributed by atoms with van der Waals surface area (Å²) in [6.07, 6.45) is 1.03. The van der Waals surface area contributed by atoms with Gasteiger partial charge >= 0.3 is 11.9 Å². The Morgan fingerprint density at radius 1 is 1.08 bits per heavy atom. The Bertz CT molecular complexity index is 940. The number of carbonyl (C=O) groups is 5. The molecule has 3 amide bonds. The van der Waals surface area contributed by atoms with Gasteiger partial charge in [0.05, 0.1) is 6.04 Å². The molecule has 0 aliphatic carbocycles. The highest BCUT2D eigenvalue weighted by Crippen LogP contribution is 2.21. The largest absolute Gasteiger partial charge is 0.481 e. The fraction of sp³-hybridized carbons (Fsp3) is 0.560. The van der Waals surface area contributed by atoms with Crippen molar-refractivity contribution in [3.05, 3.63) is 35.9 Å². The van der Waals surface area contributed by atoms with Gasteiger partial charge in [0, 0.05) is 13.0 Å². The summed E-state index contributed by atoms with van der Waals surface area (Å²) in [4.78, 5) is 63.2. The number of carboxylic acids is 2. The SMILES string of the molecule is CCC(C)C(NC(=O)C(CCC(=O)O)NC(=O)C(N)Cc1ccccc1)C(=O)N1CCCC1C(=O)O. The third-order valence-electron chi connectivity index (χ3n) is 6.51. The Labute approximate surface area is 210 Å². The minimum Gasteiger partial charge on any atom is -0.481 e. The summed E-state index contributed by atoms with van der Waals surface area (Å²) in [6, 6.07) is 4.89. The minimum atomic E-state index is -1.23. The molecular formula is C25H36N4O7. The second kappa shape index (κ2) is 13.6. The van der Waals surface area contributed by atoms with E-state index in [0.717, 1.165) is 5.56 Å². The molecule has 0 radical (unpaired) electrons. The molecule has 5 unspecified atom stereocenters. The molecule has 1 fully saturated rings. The topological polar surface area (TPSA) is 179 Å². The van der Waals surface area contributed by atoms with Crippen LogP contribution in [0.4, 0.5) is 0 Å². The van der Waals surface area contributed by atoms with Gasteiger partial charge in [-0.1, -0.05) is 50.6 Å². The highest BCUT2D eigenvalue weighted by Gasteiger charge is 2.40. The monoisotopic (exact) mass is 504 g/mol. The quantitative estimate of drug-likeness (QED) is 0.258. The van der Waals surface area contributed by atoms with E-state index in [1.165, 1.54) is 4.90 Å². The average Bonchev–Trinajstić information content (AvgIpc) is 3.35. The number of likely N-dealkylation sites (tertiary alicyclic amines) is 1. The first-order valence-corrected chi connectivity index (χ1v) is 12.2. The number of benzene rings is 1. The van der Waals surface area contributed by atoms with Gasteiger partial charge in [0.1, 0.15) is 18.1 Å². The summed E-state index contributed by atoms with van der Waals surface area (Å²) < 4.78 is 0. The molecule has 1 aromatic rings. The number of carbonyl (C=O) groups excluding carboxylic acids is 3. The number of hydrogen-bond donors (Lipinski definition) is 5. The minimum absolute atomic E-state index is 0.201. The standard InChI is InChI=1S/C25H36N4O7/c1-3-15(2)21(24(34)29-13-7-10-19(29)25(35)36)28-23(33)18(11-12-20(30)31)27-22(32)17(26)14-16-8-5-4-6-9-16/h4-6,8-9,15,17-19,21H,3,7,10-14,26H2,1-2H3,(H,27,32)(H,28,33)(H,30,31)(H,35,36). The smallest absolute Gasteiger partial charge is 0.326 e. The summed E-state index contributed by atoms with van der Waals surface area (Å²) in [6.45, 7) is 3.86.